The van der Waals surface area contributed by atoms with Gasteiger partial charge in [0.25, 0.3) is 0 Å². The maximum atomic E-state index is 5.86. The molecule has 0 atom stereocenters. The Morgan fingerprint density at radius 3 is 2.88 bits per heavy atom. The van der Waals surface area contributed by atoms with Gasteiger partial charge in [-0.1, -0.05) is 24.3 Å². The zero-order valence-corrected chi connectivity index (χ0v) is 14.1. The molecular formula is C21H19NO3. The van der Waals surface area contributed by atoms with Crippen LogP contribution in [0.5, 0.6) is 11.5 Å². The summed E-state index contributed by atoms with van der Waals surface area (Å²) in [5, 5.41) is 0. The van der Waals surface area contributed by atoms with E-state index in [1.54, 1.807) is 0 Å². The van der Waals surface area contributed by atoms with Crippen LogP contribution in [0.3, 0.4) is 0 Å². The summed E-state index contributed by atoms with van der Waals surface area (Å²) in [4.78, 5) is 4.60. The highest BCUT2D eigenvalue weighted by atomic mass is 16.5. The number of aromatic nitrogens is 1. The van der Waals surface area contributed by atoms with Crippen molar-refractivity contribution >= 4 is 6.08 Å². The molecule has 1 aliphatic heterocycles. The van der Waals surface area contributed by atoms with E-state index in [0.29, 0.717) is 25.5 Å². The van der Waals surface area contributed by atoms with Gasteiger partial charge >= 0.3 is 0 Å². The number of oxazole rings is 1. The molecule has 1 aromatic heterocycles. The molecule has 4 rings (SSSR count). The Kier molecular flexibility index (Phi) is 4.25. The molecule has 0 spiro atoms. The Morgan fingerprint density at radius 1 is 1.12 bits per heavy atom. The standard InChI is InChI=1S/C21H19NO3/c1-15-19(22-21(25-15)17-6-3-2-4-7-17)11-13-23-18-10-9-16-8-5-12-24-20(16)14-18/h2-10,14H,11-13H2,1H3. The first kappa shape index (κ1) is 15.5. The van der Waals surface area contributed by atoms with Gasteiger partial charge in [0.1, 0.15) is 23.9 Å². The number of hydrogen-bond acceptors (Lipinski definition) is 4. The van der Waals surface area contributed by atoms with Gasteiger partial charge in [-0.25, -0.2) is 4.98 Å². The lowest BCUT2D eigenvalue weighted by Gasteiger charge is -2.14. The predicted molar refractivity (Wildman–Crippen MR) is 96.8 cm³/mol. The summed E-state index contributed by atoms with van der Waals surface area (Å²) in [6.07, 6.45) is 4.76. The average molecular weight is 333 g/mol. The van der Waals surface area contributed by atoms with Crippen LogP contribution < -0.4 is 9.47 Å². The molecule has 2 heterocycles. The Labute approximate surface area is 146 Å². The second-order valence-corrected chi connectivity index (χ2v) is 5.90. The van der Waals surface area contributed by atoms with E-state index < -0.39 is 0 Å². The van der Waals surface area contributed by atoms with E-state index in [2.05, 4.69) is 11.1 Å². The number of benzene rings is 2. The minimum atomic E-state index is 0.538. The zero-order valence-electron chi connectivity index (χ0n) is 14.1. The van der Waals surface area contributed by atoms with Crippen LogP contribution in [0.1, 0.15) is 17.0 Å². The Balaban J connectivity index is 1.41. The van der Waals surface area contributed by atoms with E-state index in [9.17, 15) is 0 Å². The van der Waals surface area contributed by atoms with E-state index in [1.165, 1.54) is 0 Å². The minimum absolute atomic E-state index is 0.538. The molecule has 2 aromatic carbocycles. The maximum absolute atomic E-state index is 5.86. The molecule has 0 N–H and O–H groups in total. The molecular weight excluding hydrogens is 314 g/mol. The number of ether oxygens (including phenoxy) is 2. The Hall–Kier alpha value is -3.01. The smallest absolute Gasteiger partial charge is 0.226 e. The van der Waals surface area contributed by atoms with Gasteiger partial charge in [0.05, 0.1) is 12.3 Å². The van der Waals surface area contributed by atoms with Crippen LogP contribution in [-0.4, -0.2) is 18.2 Å². The van der Waals surface area contributed by atoms with Crippen molar-refractivity contribution in [2.24, 2.45) is 0 Å². The molecule has 25 heavy (non-hydrogen) atoms. The van der Waals surface area contributed by atoms with Crippen molar-refractivity contribution in [3.8, 4) is 23.0 Å². The van der Waals surface area contributed by atoms with Gasteiger partial charge in [0.2, 0.25) is 5.89 Å². The molecule has 3 aromatic rings. The van der Waals surface area contributed by atoms with Crippen LogP contribution in [0, 0.1) is 6.92 Å². The summed E-state index contributed by atoms with van der Waals surface area (Å²) < 4.78 is 17.2. The number of aryl methyl sites for hydroxylation is 1. The van der Waals surface area contributed by atoms with Crippen LogP contribution in [0.4, 0.5) is 0 Å². The van der Waals surface area contributed by atoms with Gasteiger partial charge in [-0.15, -0.1) is 0 Å². The predicted octanol–water partition coefficient (Wildman–Crippen LogP) is 4.68. The fraction of sp³-hybridized carbons (Fsp3) is 0.190. The molecule has 0 fully saturated rings. The number of fused-ring (bicyclic) bond motifs is 1. The van der Waals surface area contributed by atoms with E-state index in [4.69, 9.17) is 13.9 Å². The van der Waals surface area contributed by atoms with Crippen molar-refractivity contribution in [3.63, 3.8) is 0 Å². The lowest BCUT2D eigenvalue weighted by Crippen LogP contribution is -2.04. The third kappa shape index (κ3) is 3.43. The van der Waals surface area contributed by atoms with Crippen molar-refractivity contribution < 1.29 is 13.9 Å². The van der Waals surface area contributed by atoms with Gasteiger partial charge in [0.15, 0.2) is 0 Å². The second-order valence-electron chi connectivity index (χ2n) is 5.90. The van der Waals surface area contributed by atoms with E-state index in [0.717, 1.165) is 34.1 Å². The molecule has 0 saturated carbocycles. The van der Waals surface area contributed by atoms with Gasteiger partial charge in [0, 0.05) is 23.6 Å². The first-order valence-corrected chi connectivity index (χ1v) is 8.37. The maximum Gasteiger partial charge on any atom is 0.226 e. The molecule has 0 amide bonds. The average Bonchev–Trinajstić information content (AvgIpc) is 3.03. The second kappa shape index (κ2) is 6.85. The van der Waals surface area contributed by atoms with Gasteiger partial charge in [-0.05, 0) is 37.3 Å². The fourth-order valence-electron chi connectivity index (χ4n) is 2.81. The first-order chi connectivity index (χ1) is 12.3. The highest BCUT2D eigenvalue weighted by molar-refractivity contribution is 5.61. The van der Waals surface area contributed by atoms with Crippen LogP contribution >= 0.6 is 0 Å². The van der Waals surface area contributed by atoms with E-state index in [-0.39, 0.29) is 0 Å². The fourth-order valence-corrected chi connectivity index (χ4v) is 2.81. The van der Waals surface area contributed by atoms with Crippen LogP contribution in [0.25, 0.3) is 17.5 Å². The molecule has 0 unspecified atom stereocenters. The first-order valence-electron chi connectivity index (χ1n) is 8.37. The number of hydrogen-bond donors (Lipinski definition) is 0. The third-order valence-electron chi connectivity index (χ3n) is 4.14. The highest BCUT2D eigenvalue weighted by Gasteiger charge is 2.12. The van der Waals surface area contributed by atoms with Crippen molar-refractivity contribution in [2.75, 3.05) is 13.2 Å². The van der Waals surface area contributed by atoms with Gasteiger partial charge in [-0.2, -0.15) is 0 Å². The quantitative estimate of drug-likeness (QED) is 0.680. The molecule has 126 valence electrons. The summed E-state index contributed by atoms with van der Waals surface area (Å²) in [6, 6.07) is 15.8. The topological polar surface area (TPSA) is 44.5 Å². The minimum Gasteiger partial charge on any atom is -0.493 e. The monoisotopic (exact) mass is 333 g/mol. The van der Waals surface area contributed by atoms with Crippen LogP contribution in [-0.2, 0) is 6.42 Å². The van der Waals surface area contributed by atoms with Crippen molar-refractivity contribution in [1.82, 2.24) is 4.98 Å². The molecule has 4 heteroatoms. The SMILES string of the molecule is Cc1oc(-c2ccccc2)nc1CCOc1ccc2c(c1)OCC=C2. The molecule has 0 saturated heterocycles. The number of nitrogens with zero attached hydrogens (tertiary/aromatic N) is 1. The van der Waals surface area contributed by atoms with Crippen molar-refractivity contribution in [1.29, 1.82) is 0 Å². The summed E-state index contributed by atoms with van der Waals surface area (Å²) >= 11 is 0. The zero-order chi connectivity index (χ0) is 17.1. The molecule has 1 aliphatic rings. The summed E-state index contributed by atoms with van der Waals surface area (Å²) in [7, 11) is 0. The molecule has 0 aliphatic carbocycles. The number of rotatable bonds is 5. The van der Waals surface area contributed by atoms with Crippen LogP contribution in [0.15, 0.2) is 59.0 Å². The van der Waals surface area contributed by atoms with Gasteiger partial charge < -0.3 is 13.9 Å². The molecule has 0 bridgehead atoms. The summed E-state index contributed by atoms with van der Waals surface area (Å²) in [5.41, 5.74) is 2.99. The summed E-state index contributed by atoms with van der Waals surface area (Å²) in [5.74, 6) is 3.16. The Morgan fingerprint density at radius 2 is 2.00 bits per heavy atom. The van der Waals surface area contributed by atoms with E-state index in [1.807, 2.05) is 61.5 Å². The van der Waals surface area contributed by atoms with Crippen molar-refractivity contribution in [3.05, 3.63) is 71.6 Å². The van der Waals surface area contributed by atoms with Gasteiger partial charge in [-0.3, -0.25) is 0 Å². The lowest BCUT2D eigenvalue weighted by molar-refractivity contribution is 0.313. The molecule has 4 nitrogen and oxygen atoms in total. The van der Waals surface area contributed by atoms with Crippen LogP contribution in [0.2, 0.25) is 0 Å². The lowest BCUT2D eigenvalue weighted by atomic mass is 10.1. The third-order valence-corrected chi connectivity index (χ3v) is 4.14. The largest absolute Gasteiger partial charge is 0.493 e. The Bertz CT molecular complexity index is 897. The summed E-state index contributed by atoms with van der Waals surface area (Å²) in [6.45, 7) is 3.08. The molecule has 0 radical (unpaired) electrons. The van der Waals surface area contributed by atoms with Crippen molar-refractivity contribution in [2.45, 2.75) is 13.3 Å². The van der Waals surface area contributed by atoms with E-state index >= 15 is 0 Å². The normalized spacial score (nSPS) is 12.5. The highest BCUT2D eigenvalue weighted by Crippen LogP contribution is 2.28.